The Morgan fingerprint density at radius 3 is 2.81 bits per heavy atom. The molecule has 1 heterocycles. The minimum atomic E-state index is -0.338. The van der Waals surface area contributed by atoms with Gasteiger partial charge in [-0.25, -0.2) is 4.39 Å². The van der Waals surface area contributed by atoms with E-state index in [0.29, 0.717) is 18.2 Å². The van der Waals surface area contributed by atoms with Crippen LogP contribution in [-0.2, 0) is 4.79 Å². The smallest absolute Gasteiger partial charge is 0.225 e. The lowest BCUT2D eigenvalue weighted by Crippen LogP contribution is -2.42. The number of hydrogen-bond acceptors (Lipinski definition) is 3. The minimum Gasteiger partial charge on any atom is -0.326 e. The van der Waals surface area contributed by atoms with Gasteiger partial charge in [-0.1, -0.05) is 6.07 Å². The molecule has 1 fully saturated rings. The van der Waals surface area contributed by atoms with Gasteiger partial charge in [-0.3, -0.25) is 4.79 Å². The topological polar surface area (TPSA) is 44.4 Å². The van der Waals surface area contributed by atoms with Gasteiger partial charge >= 0.3 is 0 Å². The van der Waals surface area contributed by atoms with Crippen LogP contribution in [-0.4, -0.2) is 43.5 Å². The molecule has 0 bridgehead atoms. The molecule has 0 atom stereocenters. The zero-order chi connectivity index (χ0) is 14.4. The Hall–Kier alpha value is -1.17. The molecule has 118 valence electrons. The van der Waals surface area contributed by atoms with Crippen LogP contribution in [0.4, 0.5) is 10.1 Å². The number of anilines is 1. The van der Waals surface area contributed by atoms with E-state index in [1.165, 1.54) is 12.1 Å². The van der Waals surface area contributed by atoms with Crippen molar-refractivity contribution in [2.75, 3.05) is 32.0 Å². The van der Waals surface area contributed by atoms with E-state index in [-0.39, 0.29) is 24.1 Å². The first-order valence-electron chi connectivity index (χ1n) is 7.11. The average molecular weight is 316 g/mol. The summed E-state index contributed by atoms with van der Waals surface area (Å²) in [6, 6.07) is 6.52. The molecule has 1 aromatic rings. The summed E-state index contributed by atoms with van der Waals surface area (Å²) < 4.78 is 13.0. The predicted molar refractivity (Wildman–Crippen MR) is 85.4 cm³/mol. The van der Waals surface area contributed by atoms with Crippen molar-refractivity contribution in [1.29, 1.82) is 0 Å². The molecule has 2 rings (SSSR count). The third-order valence-corrected chi connectivity index (χ3v) is 3.73. The third kappa shape index (κ3) is 5.99. The Morgan fingerprint density at radius 2 is 2.14 bits per heavy atom. The molecule has 0 aliphatic carbocycles. The Bertz CT molecular complexity index is 452. The van der Waals surface area contributed by atoms with Crippen LogP contribution in [0.3, 0.4) is 0 Å². The van der Waals surface area contributed by atoms with Crippen LogP contribution in [0, 0.1) is 5.82 Å². The molecule has 0 unspecified atom stereocenters. The second-order valence-corrected chi connectivity index (χ2v) is 5.27. The average Bonchev–Trinajstić information content (AvgIpc) is 2.46. The summed E-state index contributed by atoms with van der Waals surface area (Å²) in [5, 5.41) is 6.05. The van der Waals surface area contributed by atoms with Crippen LogP contribution in [0.1, 0.15) is 19.3 Å². The van der Waals surface area contributed by atoms with Crippen molar-refractivity contribution in [3.63, 3.8) is 0 Å². The lowest BCUT2D eigenvalue weighted by atomic mass is 10.1. The molecule has 21 heavy (non-hydrogen) atoms. The van der Waals surface area contributed by atoms with Gasteiger partial charge in [0.2, 0.25) is 5.91 Å². The second-order valence-electron chi connectivity index (χ2n) is 5.27. The van der Waals surface area contributed by atoms with Gasteiger partial charge in [0, 0.05) is 24.7 Å². The zero-order valence-corrected chi connectivity index (χ0v) is 13.1. The van der Waals surface area contributed by atoms with Crippen LogP contribution in [0.15, 0.2) is 24.3 Å². The maximum absolute atomic E-state index is 13.0. The summed E-state index contributed by atoms with van der Waals surface area (Å²) in [4.78, 5) is 14.1. The van der Waals surface area contributed by atoms with E-state index in [0.717, 1.165) is 32.5 Å². The number of amides is 1. The van der Waals surface area contributed by atoms with Crippen LogP contribution in [0.2, 0.25) is 0 Å². The first-order valence-corrected chi connectivity index (χ1v) is 7.11. The summed E-state index contributed by atoms with van der Waals surface area (Å²) in [6.45, 7) is 2.82. The van der Waals surface area contributed by atoms with E-state index in [9.17, 15) is 9.18 Å². The normalized spacial score (nSPS) is 15.6. The van der Waals surface area contributed by atoms with Crippen molar-refractivity contribution < 1.29 is 9.18 Å². The van der Waals surface area contributed by atoms with Crippen LogP contribution < -0.4 is 10.6 Å². The zero-order valence-electron chi connectivity index (χ0n) is 12.3. The molecule has 0 aromatic heterocycles. The third-order valence-electron chi connectivity index (χ3n) is 3.73. The molecule has 0 radical (unpaired) electrons. The summed E-state index contributed by atoms with van der Waals surface area (Å²) in [7, 11) is 2.06. The Labute approximate surface area is 131 Å². The standard InChI is InChI=1S/C15H22FN3O.ClH/c1-19(14-5-8-17-9-6-14)10-7-15(20)18-13-4-2-3-12(16)11-13;/h2-4,11,14,17H,5-10H2,1H3,(H,18,20);1H. The first-order chi connectivity index (χ1) is 9.65. The number of nitrogens with zero attached hydrogens (tertiary/aromatic N) is 1. The van der Waals surface area contributed by atoms with E-state index in [1.54, 1.807) is 12.1 Å². The minimum absolute atomic E-state index is 0. The van der Waals surface area contributed by atoms with Gasteiger partial charge in [0.05, 0.1) is 0 Å². The van der Waals surface area contributed by atoms with Gasteiger partial charge in [-0.2, -0.15) is 0 Å². The van der Waals surface area contributed by atoms with E-state index < -0.39 is 0 Å². The molecule has 1 aliphatic rings. The van der Waals surface area contributed by atoms with Crippen LogP contribution in [0.5, 0.6) is 0 Å². The van der Waals surface area contributed by atoms with E-state index in [4.69, 9.17) is 0 Å². The highest BCUT2D eigenvalue weighted by atomic mass is 35.5. The van der Waals surface area contributed by atoms with Crippen molar-refractivity contribution in [2.45, 2.75) is 25.3 Å². The number of rotatable bonds is 5. The number of nitrogens with one attached hydrogen (secondary N) is 2. The SMILES string of the molecule is CN(CCC(=O)Nc1cccc(F)c1)C1CCNCC1.Cl. The molecule has 0 saturated carbocycles. The van der Waals surface area contributed by atoms with Crippen molar-refractivity contribution in [3.05, 3.63) is 30.1 Å². The predicted octanol–water partition coefficient (Wildman–Crippen LogP) is 2.26. The number of carbonyl (C=O) groups excluding carboxylic acids is 1. The van der Waals surface area contributed by atoms with Crippen LogP contribution in [0.25, 0.3) is 0 Å². The monoisotopic (exact) mass is 315 g/mol. The molecule has 4 nitrogen and oxygen atoms in total. The van der Waals surface area contributed by atoms with Crippen molar-refractivity contribution in [2.24, 2.45) is 0 Å². The van der Waals surface area contributed by atoms with Gasteiger partial charge < -0.3 is 15.5 Å². The van der Waals surface area contributed by atoms with Gasteiger partial charge in [0.25, 0.3) is 0 Å². The number of halogens is 2. The molecular weight excluding hydrogens is 293 g/mol. The summed E-state index contributed by atoms with van der Waals surface area (Å²) >= 11 is 0. The van der Waals surface area contributed by atoms with Gasteiger partial charge in [-0.05, 0) is 51.2 Å². The highest BCUT2D eigenvalue weighted by Crippen LogP contribution is 2.12. The fourth-order valence-corrected chi connectivity index (χ4v) is 2.50. The lowest BCUT2D eigenvalue weighted by Gasteiger charge is -2.31. The Kier molecular flexibility index (Phi) is 7.64. The molecule has 1 saturated heterocycles. The number of piperidine rings is 1. The highest BCUT2D eigenvalue weighted by molar-refractivity contribution is 5.90. The van der Waals surface area contributed by atoms with Crippen molar-refractivity contribution in [3.8, 4) is 0 Å². The molecule has 0 spiro atoms. The molecule has 1 aromatic carbocycles. The molecular formula is C15H23ClFN3O. The Balaban J connectivity index is 0.00000220. The largest absolute Gasteiger partial charge is 0.326 e. The van der Waals surface area contributed by atoms with Crippen LogP contribution >= 0.6 is 12.4 Å². The second kappa shape index (κ2) is 8.97. The van der Waals surface area contributed by atoms with Gasteiger partial charge in [0.15, 0.2) is 0 Å². The number of carbonyl (C=O) groups is 1. The van der Waals surface area contributed by atoms with Crippen molar-refractivity contribution >= 4 is 24.0 Å². The maximum Gasteiger partial charge on any atom is 0.225 e. The van der Waals surface area contributed by atoms with E-state index in [1.807, 2.05) is 0 Å². The first kappa shape index (κ1) is 17.9. The summed E-state index contributed by atoms with van der Waals surface area (Å²) in [6.07, 6.45) is 2.68. The fraction of sp³-hybridized carbons (Fsp3) is 0.533. The highest BCUT2D eigenvalue weighted by Gasteiger charge is 2.18. The van der Waals surface area contributed by atoms with Crippen molar-refractivity contribution in [1.82, 2.24) is 10.2 Å². The van der Waals surface area contributed by atoms with Gasteiger partial charge in [-0.15, -0.1) is 12.4 Å². The molecule has 1 amide bonds. The molecule has 2 N–H and O–H groups in total. The quantitative estimate of drug-likeness (QED) is 0.876. The fourth-order valence-electron chi connectivity index (χ4n) is 2.50. The number of hydrogen-bond donors (Lipinski definition) is 2. The molecule has 6 heteroatoms. The lowest BCUT2D eigenvalue weighted by molar-refractivity contribution is -0.116. The van der Waals surface area contributed by atoms with E-state index >= 15 is 0 Å². The summed E-state index contributed by atoms with van der Waals surface area (Å²) in [5.74, 6) is -0.411. The summed E-state index contributed by atoms with van der Waals surface area (Å²) in [5.41, 5.74) is 0.513. The van der Waals surface area contributed by atoms with E-state index in [2.05, 4.69) is 22.6 Å². The Morgan fingerprint density at radius 1 is 1.43 bits per heavy atom. The maximum atomic E-state index is 13.0. The van der Waals surface area contributed by atoms with Gasteiger partial charge in [0.1, 0.15) is 5.82 Å². The molecule has 1 aliphatic heterocycles. The number of benzene rings is 1.